The Morgan fingerprint density at radius 1 is 1.47 bits per heavy atom. The third-order valence-electron chi connectivity index (χ3n) is 2.54. The molecule has 0 aliphatic rings. The fourth-order valence-electron chi connectivity index (χ4n) is 1.62. The standard InChI is InChI=1S/C11H10N4O2S2/c1-6-12-8(17-14-6)5-19-11-13-7-3-4-18-9(7)10(16)15(11)2/h3-4H,5H2,1-2H3. The van der Waals surface area contributed by atoms with Crippen LogP contribution >= 0.6 is 23.1 Å². The van der Waals surface area contributed by atoms with Crippen LogP contribution in [0.1, 0.15) is 11.7 Å². The van der Waals surface area contributed by atoms with Crippen molar-refractivity contribution in [1.82, 2.24) is 19.7 Å². The van der Waals surface area contributed by atoms with Crippen molar-refractivity contribution in [3.05, 3.63) is 33.5 Å². The van der Waals surface area contributed by atoms with E-state index in [2.05, 4.69) is 15.1 Å². The van der Waals surface area contributed by atoms with Crippen LogP contribution in [-0.2, 0) is 12.8 Å². The smallest absolute Gasteiger partial charge is 0.271 e. The second-order valence-corrected chi connectivity index (χ2v) is 5.78. The first-order chi connectivity index (χ1) is 9.15. The third-order valence-corrected chi connectivity index (χ3v) is 4.45. The molecule has 0 fully saturated rings. The minimum Gasteiger partial charge on any atom is -0.338 e. The lowest BCUT2D eigenvalue weighted by Gasteiger charge is -2.05. The van der Waals surface area contributed by atoms with Gasteiger partial charge in [0.25, 0.3) is 5.56 Å². The average molecular weight is 294 g/mol. The van der Waals surface area contributed by atoms with E-state index in [9.17, 15) is 4.79 Å². The Kier molecular flexibility index (Phi) is 3.11. The first-order valence-corrected chi connectivity index (χ1v) is 7.38. The first-order valence-electron chi connectivity index (χ1n) is 5.51. The minimum absolute atomic E-state index is 0.0239. The molecule has 0 unspecified atom stereocenters. The normalized spacial score (nSPS) is 11.3. The van der Waals surface area contributed by atoms with Gasteiger partial charge in [-0.25, -0.2) is 4.98 Å². The summed E-state index contributed by atoms with van der Waals surface area (Å²) in [7, 11) is 1.72. The maximum atomic E-state index is 12.1. The second-order valence-electron chi connectivity index (χ2n) is 3.92. The molecule has 0 bridgehead atoms. The molecule has 0 saturated carbocycles. The summed E-state index contributed by atoms with van der Waals surface area (Å²) < 4.78 is 7.26. The van der Waals surface area contributed by atoms with Crippen molar-refractivity contribution in [2.24, 2.45) is 7.05 Å². The molecule has 3 aromatic heterocycles. The zero-order valence-corrected chi connectivity index (χ0v) is 11.9. The van der Waals surface area contributed by atoms with Crippen LogP contribution in [0.15, 0.2) is 25.9 Å². The van der Waals surface area contributed by atoms with Crippen LogP contribution < -0.4 is 5.56 Å². The maximum Gasteiger partial charge on any atom is 0.271 e. The van der Waals surface area contributed by atoms with Gasteiger partial charge in [-0.15, -0.1) is 11.3 Å². The van der Waals surface area contributed by atoms with Crippen LogP contribution in [0.2, 0.25) is 0 Å². The number of thiophene rings is 1. The molecule has 0 radical (unpaired) electrons. The van der Waals surface area contributed by atoms with Gasteiger partial charge in [0.15, 0.2) is 11.0 Å². The molecule has 0 saturated heterocycles. The number of aromatic nitrogens is 4. The van der Waals surface area contributed by atoms with E-state index in [1.165, 1.54) is 23.1 Å². The molecule has 3 aromatic rings. The summed E-state index contributed by atoms with van der Waals surface area (Å²) in [6.07, 6.45) is 0. The Labute approximate surface area is 116 Å². The van der Waals surface area contributed by atoms with E-state index < -0.39 is 0 Å². The molecule has 0 spiro atoms. The predicted molar refractivity (Wildman–Crippen MR) is 73.5 cm³/mol. The van der Waals surface area contributed by atoms with E-state index >= 15 is 0 Å². The van der Waals surface area contributed by atoms with Crippen LogP contribution in [0.25, 0.3) is 10.2 Å². The van der Waals surface area contributed by atoms with Crippen molar-refractivity contribution in [1.29, 1.82) is 0 Å². The van der Waals surface area contributed by atoms with Gasteiger partial charge in [-0.05, 0) is 18.4 Å². The quantitative estimate of drug-likeness (QED) is 0.543. The van der Waals surface area contributed by atoms with Crippen molar-refractivity contribution in [3.63, 3.8) is 0 Å². The Balaban J connectivity index is 1.92. The summed E-state index contributed by atoms with van der Waals surface area (Å²) in [5.74, 6) is 1.63. The van der Waals surface area contributed by atoms with E-state index in [1.807, 2.05) is 11.4 Å². The molecule has 8 heteroatoms. The molecule has 19 heavy (non-hydrogen) atoms. The highest BCUT2D eigenvalue weighted by molar-refractivity contribution is 7.98. The van der Waals surface area contributed by atoms with Crippen LogP contribution in [-0.4, -0.2) is 19.7 Å². The van der Waals surface area contributed by atoms with Gasteiger partial charge in [-0.1, -0.05) is 16.9 Å². The summed E-state index contributed by atoms with van der Waals surface area (Å²) in [6, 6.07) is 1.85. The van der Waals surface area contributed by atoms with Crippen LogP contribution in [0.5, 0.6) is 0 Å². The minimum atomic E-state index is -0.0239. The van der Waals surface area contributed by atoms with Crippen molar-refractivity contribution in [2.75, 3.05) is 0 Å². The van der Waals surface area contributed by atoms with E-state index in [0.29, 0.717) is 27.3 Å². The van der Waals surface area contributed by atoms with Crippen LogP contribution in [0.4, 0.5) is 0 Å². The van der Waals surface area contributed by atoms with Gasteiger partial charge in [0.05, 0.1) is 11.3 Å². The molecule has 0 aliphatic carbocycles. The largest absolute Gasteiger partial charge is 0.338 e. The Morgan fingerprint density at radius 2 is 2.32 bits per heavy atom. The van der Waals surface area contributed by atoms with Gasteiger partial charge in [0.1, 0.15) is 4.70 Å². The number of aryl methyl sites for hydroxylation is 1. The lowest BCUT2D eigenvalue weighted by atomic mass is 10.5. The summed E-state index contributed by atoms with van der Waals surface area (Å²) in [5, 5.41) is 6.24. The van der Waals surface area contributed by atoms with E-state index in [-0.39, 0.29) is 5.56 Å². The van der Waals surface area contributed by atoms with E-state index in [0.717, 1.165) is 5.52 Å². The molecule has 6 nitrogen and oxygen atoms in total. The molecule has 98 valence electrons. The van der Waals surface area contributed by atoms with Crippen molar-refractivity contribution in [2.45, 2.75) is 17.8 Å². The molecule has 0 atom stereocenters. The zero-order valence-electron chi connectivity index (χ0n) is 10.3. The molecule has 0 N–H and O–H groups in total. The maximum absolute atomic E-state index is 12.1. The monoisotopic (exact) mass is 294 g/mol. The highest BCUT2D eigenvalue weighted by Gasteiger charge is 2.11. The number of fused-ring (bicyclic) bond motifs is 1. The Hall–Kier alpha value is -1.67. The molecule has 3 rings (SSSR count). The summed E-state index contributed by atoms with van der Waals surface area (Å²) in [4.78, 5) is 20.7. The van der Waals surface area contributed by atoms with Crippen molar-refractivity contribution in [3.8, 4) is 0 Å². The predicted octanol–water partition coefficient (Wildman–Crippen LogP) is 1.98. The summed E-state index contributed by atoms with van der Waals surface area (Å²) in [6.45, 7) is 1.77. The number of rotatable bonds is 3. The first kappa shape index (κ1) is 12.4. The molecular formula is C11H10N4O2S2. The van der Waals surface area contributed by atoms with Crippen molar-refractivity contribution < 1.29 is 4.52 Å². The molecule has 0 aliphatic heterocycles. The van der Waals surface area contributed by atoms with E-state index in [1.54, 1.807) is 18.5 Å². The zero-order chi connectivity index (χ0) is 13.4. The number of hydrogen-bond donors (Lipinski definition) is 0. The Morgan fingerprint density at radius 3 is 3.05 bits per heavy atom. The SMILES string of the molecule is Cc1noc(CSc2nc3ccsc3c(=O)n2C)n1. The molecular weight excluding hydrogens is 284 g/mol. The van der Waals surface area contributed by atoms with Crippen molar-refractivity contribution >= 4 is 33.3 Å². The van der Waals surface area contributed by atoms with Crippen LogP contribution in [0.3, 0.4) is 0 Å². The fraction of sp³-hybridized carbons (Fsp3) is 0.273. The highest BCUT2D eigenvalue weighted by Crippen LogP contribution is 2.22. The lowest BCUT2D eigenvalue weighted by molar-refractivity contribution is 0.387. The topological polar surface area (TPSA) is 73.8 Å². The van der Waals surface area contributed by atoms with Gasteiger partial charge in [-0.2, -0.15) is 4.98 Å². The lowest BCUT2D eigenvalue weighted by Crippen LogP contribution is -2.18. The fourth-order valence-corrected chi connectivity index (χ4v) is 3.24. The van der Waals surface area contributed by atoms with Gasteiger partial charge < -0.3 is 4.52 Å². The molecule has 3 heterocycles. The van der Waals surface area contributed by atoms with E-state index in [4.69, 9.17) is 4.52 Å². The third kappa shape index (κ3) is 2.28. The highest BCUT2D eigenvalue weighted by atomic mass is 32.2. The average Bonchev–Trinajstić information content (AvgIpc) is 3.01. The summed E-state index contributed by atoms with van der Waals surface area (Å²) in [5.41, 5.74) is 0.710. The summed E-state index contributed by atoms with van der Waals surface area (Å²) >= 11 is 2.81. The van der Waals surface area contributed by atoms with Gasteiger partial charge in [-0.3, -0.25) is 9.36 Å². The van der Waals surface area contributed by atoms with Crippen LogP contribution in [0, 0.1) is 6.92 Å². The molecule has 0 amide bonds. The second kappa shape index (κ2) is 4.78. The number of nitrogens with zero attached hydrogens (tertiary/aromatic N) is 4. The number of hydrogen-bond acceptors (Lipinski definition) is 7. The van der Waals surface area contributed by atoms with Gasteiger partial charge in [0, 0.05) is 7.05 Å². The number of thioether (sulfide) groups is 1. The molecule has 0 aromatic carbocycles. The Bertz CT molecular complexity index is 789. The van der Waals surface area contributed by atoms with Gasteiger partial charge in [0.2, 0.25) is 5.89 Å². The van der Waals surface area contributed by atoms with Gasteiger partial charge >= 0.3 is 0 Å².